The summed E-state index contributed by atoms with van der Waals surface area (Å²) in [7, 11) is 0. The summed E-state index contributed by atoms with van der Waals surface area (Å²) >= 11 is 0. The van der Waals surface area contributed by atoms with Gasteiger partial charge in [-0.05, 0) is 24.3 Å². The van der Waals surface area contributed by atoms with Crippen molar-refractivity contribution in [3.63, 3.8) is 0 Å². The molecule has 4 nitrogen and oxygen atoms in total. The Morgan fingerprint density at radius 1 is 1.09 bits per heavy atom. The number of aromatic nitrogens is 2. The van der Waals surface area contributed by atoms with Crippen LogP contribution in [0.1, 0.15) is 0 Å². The molecule has 0 radical (unpaired) electrons. The van der Waals surface area contributed by atoms with E-state index in [2.05, 4.69) is 27.3 Å². The van der Waals surface area contributed by atoms with Crippen molar-refractivity contribution < 1.29 is 4.39 Å². The lowest BCUT2D eigenvalue weighted by Gasteiger charge is -2.29. The third-order valence-corrected chi connectivity index (χ3v) is 4.08. The molecular formula is C17H17FN4. The van der Waals surface area contributed by atoms with Gasteiger partial charge in [-0.2, -0.15) is 0 Å². The number of rotatable bonds is 2. The monoisotopic (exact) mass is 296 g/mol. The average Bonchev–Trinajstić information content (AvgIpc) is 2.99. The largest absolute Gasteiger partial charge is 0.369 e. The van der Waals surface area contributed by atoms with Crippen LogP contribution in [0, 0.1) is 5.82 Å². The first-order valence-electron chi connectivity index (χ1n) is 7.50. The first-order valence-corrected chi connectivity index (χ1v) is 7.50. The minimum Gasteiger partial charge on any atom is -0.369 e. The molecule has 112 valence electrons. The molecule has 22 heavy (non-hydrogen) atoms. The van der Waals surface area contributed by atoms with Crippen LogP contribution in [-0.4, -0.2) is 35.6 Å². The van der Waals surface area contributed by atoms with Gasteiger partial charge >= 0.3 is 0 Å². The number of anilines is 1. The van der Waals surface area contributed by atoms with Gasteiger partial charge in [0.25, 0.3) is 0 Å². The van der Waals surface area contributed by atoms with E-state index in [-0.39, 0.29) is 5.82 Å². The highest BCUT2D eigenvalue weighted by Gasteiger charge is 2.12. The Hall–Kier alpha value is -2.40. The molecule has 5 heteroatoms. The standard InChI is InChI=1S/C17H17FN4/c18-14-3-1-2-13(10-14)17-20-12-16-11-15(4-7-22(16)17)21-8-5-19-6-9-21/h1-4,7,10-12,19H,5-6,8-9H2. The second kappa shape index (κ2) is 5.42. The zero-order valence-electron chi connectivity index (χ0n) is 12.2. The Balaban J connectivity index is 1.74. The molecule has 1 fully saturated rings. The van der Waals surface area contributed by atoms with E-state index in [1.54, 1.807) is 6.07 Å². The van der Waals surface area contributed by atoms with Gasteiger partial charge in [-0.3, -0.25) is 4.40 Å². The molecule has 3 heterocycles. The normalized spacial score (nSPS) is 15.4. The Labute approximate surface area is 128 Å². The number of pyridine rings is 1. The fourth-order valence-corrected chi connectivity index (χ4v) is 2.95. The van der Waals surface area contributed by atoms with Gasteiger partial charge in [0.05, 0.1) is 11.7 Å². The summed E-state index contributed by atoms with van der Waals surface area (Å²) in [6, 6.07) is 10.8. The van der Waals surface area contributed by atoms with Crippen LogP contribution in [0.15, 0.2) is 48.8 Å². The number of imidazole rings is 1. The number of hydrogen-bond acceptors (Lipinski definition) is 3. The zero-order valence-corrected chi connectivity index (χ0v) is 12.2. The molecule has 3 aromatic rings. The van der Waals surface area contributed by atoms with Gasteiger partial charge < -0.3 is 10.2 Å². The molecule has 0 atom stereocenters. The summed E-state index contributed by atoms with van der Waals surface area (Å²) in [5, 5.41) is 3.36. The molecule has 1 N–H and O–H groups in total. The Morgan fingerprint density at radius 3 is 2.77 bits per heavy atom. The molecule has 1 aliphatic rings. The average molecular weight is 296 g/mol. The summed E-state index contributed by atoms with van der Waals surface area (Å²) in [5.74, 6) is 0.521. The quantitative estimate of drug-likeness (QED) is 0.789. The predicted octanol–water partition coefficient (Wildman–Crippen LogP) is 2.55. The SMILES string of the molecule is Fc1cccc(-c2ncc3cc(N4CCNCC4)ccn23)c1. The number of fused-ring (bicyclic) bond motifs is 1. The molecule has 2 aromatic heterocycles. The topological polar surface area (TPSA) is 32.6 Å². The lowest BCUT2D eigenvalue weighted by molar-refractivity contribution is 0.589. The number of piperazine rings is 1. The van der Waals surface area contributed by atoms with Crippen LogP contribution in [0.5, 0.6) is 0 Å². The molecular weight excluding hydrogens is 279 g/mol. The third-order valence-electron chi connectivity index (χ3n) is 4.08. The first-order chi connectivity index (χ1) is 10.8. The summed E-state index contributed by atoms with van der Waals surface area (Å²) in [6.07, 6.45) is 3.85. The highest BCUT2D eigenvalue weighted by atomic mass is 19.1. The number of halogens is 1. The van der Waals surface area contributed by atoms with Gasteiger partial charge in [-0.15, -0.1) is 0 Å². The van der Waals surface area contributed by atoms with Crippen LogP contribution < -0.4 is 10.2 Å². The van der Waals surface area contributed by atoms with Gasteiger partial charge in [-0.1, -0.05) is 12.1 Å². The number of hydrogen-bond donors (Lipinski definition) is 1. The Morgan fingerprint density at radius 2 is 1.95 bits per heavy atom. The van der Waals surface area contributed by atoms with Crippen molar-refractivity contribution in [2.45, 2.75) is 0 Å². The van der Waals surface area contributed by atoms with E-state index in [1.807, 2.05) is 22.9 Å². The van der Waals surface area contributed by atoms with Crippen molar-refractivity contribution in [2.24, 2.45) is 0 Å². The lowest BCUT2D eigenvalue weighted by atomic mass is 10.2. The van der Waals surface area contributed by atoms with Crippen LogP contribution in [0.25, 0.3) is 16.9 Å². The fraction of sp³-hybridized carbons (Fsp3) is 0.235. The van der Waals surface area contributed by atoms with Gasteiger partial charge in [0, 0.05) is 43.6 Å². The Kier molecular flexibility index (Phi) is 3.27. The highest BCUT2D eigenvalue weighted by Crippen LogP contribution is 2.24. The van der Waals surface area contributed by atoms with Crippen molar-refractivity contribution in [2.75, 3.05) is 31.1 Å². The van der Waals surface area contributed by atoms with Crippen LogP contribution in [0.4, 0.5) is 10.1 Å². The lowest BCUT2D eigenvalue weighted by Crippen LogP contribution is -2.43. The summed E-state index contributed by atoms with van der Waals surface area (Å²) in [6.45, 7) is 4.06. The van der Waals surface area contributed by atoms with E-state index in [4.69, 9.17) is 0 Å². The molecule has 1 saturated heterocycles. The minimum absolute atomic E-state index is 0.244. The zero-order chi connectivity index (χ0) is 14.9. The minimum atomic E-state index is -0.244. The fourth-order valence-electron chi connectivity index (χ4n) is 2.95. The van der Waals surface area contributed by atoms with E-state index in [9.17, 15) is 4.39 Å². The van der Waals surface area contributed by atoms with E-state index in [0.29, 0.717) is 0 Å². The molecule has 0 spiro atoms. The van der Waals surface area contributed by atoms with E-state index in [1.165, 1.54) is 17.8 Å². The van der Waals surface area contributed by atoms with Crippen LogP contribution in [0.3, 0.4) is 0 Å². The van der Waals surface area contributed by atoms with Crippen molar-refractivity contribution >= 4 is 11.2 Å². The molecule has 0 unspecified atom stereocenters. The number of nitrogens with one attached hydrogen (secondary N) is 1. The van der Waals surface area contributed by atoms with Gasteiger partial charge in [-0.25, -0.2) is 9.37 Å². The summed E-state index contributed by atoms with van der Waals surface area (Å²) in [5.41, 5.74) is 3.02. The molecule has 1 aromatic carbocycles. The third kappa shape index (κ3) is 2.33. The smallest absolute Gasteiger partial charge is 0.144 e. The first kappa shape index (κ1) is 13.3. The number of nitrogens with zero attached hydrogens (tertiary/aromatic N) is 3. The van der Waals surface area contributed by atoms with Crippen LogP contribution in [0.2, 0.25) is 0 Å². The maximum atomic E-state index is 13.4. The molecule has 0 amide bonds. The maximum Gasteiger partial charge on any atom is 0.144 e. The second-order valence-electron chi connectivity index (χ2n) is 5.51. The Bertz CT molecular complexity index is 805. The van der Waals surface area contributed by atoms with Crippen LogP contribution in [-0.2, 0) is 0 Å². The van der Waals surface area contributed by atoms with Gasteiger partial charge in [0.15, 0.2) is 0 Å². The van der Waals surface area contributed by atoms with Crippen molar-refractivity contribution in [3.05, 3.63) is 54.6 Å². The van der Waals surface area contributed by atoms with Gasteiger partial charge in [0.1, 0.15) is 11.6 Å². The number of benzene rings is 1. The highest BCUT2D eigenvalue weighted by molar-refractivity contribution is 5.66. The maximum absolute atomic E-state index is 13.4. The van der Waals surface area contributed by atoms with E-state index < -0.39 is 0 Å². The van der Waals surface area contributed by atoms with E-state index in [0.717, 1.165) is 43.1 Å². The summed E-state index contributed by atoms with van der Waals surface area (Å²) in [4.78, 5) is 6.82. The molecule has 0 aliphatic carbocycles. The van der Waals surface area contributed by atoms with Crippen molar-refractivity contribution in [1.82, 2.24) is 14.7 Å². The van der Waals surface area contributed by atoms with Crippen molar-refractivity contribution in [1.29, 1.82) is 0 Å². The van der Waals surface area contributed by atoms with E-state index >= 15 is 0 Å². The molecule has 4 rings (SSSR count). The predicted molar refractivity (Wildman–Crippen MR) is 85.7 cm³/mol. The molecule has 1 aliphatic heterocycles. The van der Waals surface area contributed by atoms with Crippen LogP contribution >= 0.6 is 0 Å². The summed E-state index contributed by atoms with van der Waals surface area (Å²) < 4.78 is 15.4. The molecule has 0 saturated carbocycles. The van der Waals surface area contributed by atoms with Gasteiger partial charge in [0.2, 0.25) is 0 Å². The molecule has 0 bridgehead atoms. The van der Waals surface area contributed by atoms with Crippen molar-refractivity contribution in [3.8, 4) is 11.4 Å². The second-order valence-corrected chi connectivity index (χ2v) is 5.51.